The molecule has 0 spiro atoms. The number of Topliss-reactive ketones (excluding diaryl/α,β-unsaturated/α-hetero) is 2. The number of aryl methyl sites for hydroxylation is 1. The summed E-state index contributed by atoms with van der Waals surface area (Å²) in [7, 11) is 0. The Kier molecular flexibility index (Phi) is 6.03. The minimum Gasteiger partial charge on any atom is -0.341 e. The fraction of sp³-hybridized carbons (Fsp3) is 0.241. The van der Waals surface area contributed by atoms with Crippen LogP contribution in [0.3, 0.4) is 0 Å². The average molecular weight is 467 g/mol. The van der Waals surface area contributed by atoms with Gasteiger partial charge in [-0.3, -0.25) is 9.59 Å². The molecule has 1 aliphatic carbocycles. The highest BCUT2D eigenvalue weighted by molar-refractivity contribution is 6.46. The van der Waals surface area contributed by atoms with E-state index in [9.17, 15) is 14.4 Å². The lowest BCUT2D eigenvalue weighted by molar-refractivity contribution is -0.140. The second-order valence-electron chi connectivity index (χ2n) is 8.96. The highest BCUT2D eigenvalue weighted by atomic mass is 16.7. The van der Waals surface area contributed by atoms with Crippen molar-refractivity contribution in [1.82, 2.24) is 4.57 Å². The van der Waals surface area contributed by atoms with Crippen molar-refractivity contribution < 1.29 is 19.2 Å². The van der Waals surface area contributed by atoms with Crippen LogP contribution in [0.4, 0.5) is 0 Å². The molecule has 1 aliphatic rings. The van der Waals surface area contributed by atoms with Crippen LogP contribution in [0.2, 0.25) is 0 Å². The van der Waals surface area contributed by atoms with Crippen molar-refractivity contribution in [3.63, 3.8) is 0 Å². The third-order valence-electron chi connectivity index (χ3n) is 6.44. The molecule has 1 heterocycles. The van der Waals surface area contributed by atoms with Gasteiger partial charge in [0, 0.05) is 58.7 Å². The number of carbonyl (C=O) groups is 3. The molecule has 0 amide bonds. The fourth-order valence-electron chi connectivity index (χ4n) is 4.55. The predicted molar refractivity (Wildman–Crippen MR) is 136 cm³/mol. The van der Waals surface area contributed by atoms with Gasteiger partial charge >= 0.3 is 5.97 Å². The number of oxime groups is 1. The van der Waals surface area contributed by atoms with Crippen molar-refractivity contribution >= 4 is 45.1 Å². The Bertz CT molecular complexity index is 1490. The molecule has 0 atom stereocenters. The molecule has 1 saturated carbocycles. The molecule has 1 aromatic heterocycles. The molecule has 35 heavy (non-hydrogen) atoms. The third kappa shape index (κ3) is 4.52. The molecule has 3 aromatic carbocycles. The van der Waals surface area contributed by atoms with Crippen LogP contribution in [0.1, 0.15) is 53.0 Å². The lowest BCUT2D eigenvalue weighted by Crippen LogP contribution is -2.18. The largest absolute Gasteiger partial charge is 0.341 e. The van der Waals surface area contributed by atoms with Gasteiger partial charge in [-0.2, -0.15) is 0 Å². The summed E-state index contributed by atoms with van der Waals surface area (Å²) < 4.78 is 2.18. The molecule has 4 aromatic rings. The zero-order chi connectivity index (χ0) is 24.5. The van der Waals surface area contributed by atoms with Crippen LogP contribution < -0.4 is 0 Å². The van der Waals surface area contributed by atoms with Crippen LogP contribution in [0.25, 0.3) is 21.8 Å². The van der Waals surface area contributed by atoms with Crippen molar-refractivity contribution in [3.8, 4) is 0 Å². The quantitative estimate of drug-likeness (QED) is 0.143. The minimum absolute atomic E-state index is 0.141. The number of ketones is 2. The molecule has 0 bridgehead atoms. The summed E-state index contributed by atoms with van der Waals surface area (Å²) in [4.78, 5) is 42.5. The second-order valence-corrected chi connectivity index (χ2v) is 8.96. The summed E-state index contributed by atoms with van der Waals surface area (Å²) in [6, 6.07) is 20.9. The van der Waals surface area contributed by atoms with Gasteiger partial charge in [-0.05, 0) is 61.7 Å². The van der Waals surface area contributed by atoms with E-state index in [4.69, 9.17) is 4.84 Å². The normalized spacial score (nSPS) is 13.8. The Morgan fingerprint density at radius 3 is 2.14 bits per heavy atom. The smallest absolute Gasteiger partial charge is 0.331 e. The van der Waals surface area contributed by atoms with Crippen molar-refractivity contribution in [1.29, 1.82) is 0 Å². The van der Waals surface area contributed by atoms with E-state index in [1.165, 1.54) is 6.92 Å². The van der Waals surface area contributed by atoms with Gasteiger partial charge in [0.1, 0.15) is 5.71 Å². The summed E-state index contributed by atoms with van der Waals surface area (Å²) >= 11 is 0. The number of hydrogen-bond acceptors (Lipinski definition) is 5. The maximum atomic E-state index is 13.5. The molecule has 0 radical (unpaired) electrons. The van der Waals surface area contributed by atoms with E-state index in [1.807, 2.05) is 60.7 Å². The van der Waals surface area contributed by atoms with E-state index in [2.05, 4.69) is 16.6 Å². The zero-order valence-corrected chi connectivity index (χ0v) is 19.8. The Hall–Kier alpha value is -4.06. The molecular weight excluding hydrogens is 440 g/mol. The van der Waals surface area contributed by atoms with Gasteiger partial charge in [-0.25, -0.2) is 4.79 Å². The minimum atomic E-state index is -0.585. The van der Waals surface area contributed by atoms with Gasteiger partial charge in [0.15, 0.2) is 5.78 Å². The monoisotopic (exact) mass is 466 g/mol. The number of fused-ring (bicyclic) bond motifs is 3. The highest BCUT2D eigenvalue weighted by Gasteiger charge is 2.30. The van der Waals surface area contributed by atoms with Crippen molar-refractivity contribution in [2.75, 3.05) is 0 Å². The third-order valence-corrected chi connectivity index (χ3v) is 6.44. The first-order valence-corrected chi connectivity index (χ1v) is 11.9. The van der Waals surface area contributed by atoms with E-state index in [0.717, 1.165) is 46.8 Å². The Balaban J connectivity index is 1.59. The SMILES string of the molecule is CCn1c2ccc(C(=O)/C(Cc3ccccc3)=N\OC(C)=O)cc2c2cc(C(=O)C3CC3)ccc21. The lowest BCUT2D eigenvalue weighted by Gasteiger charge is -2.07. The van der Waals surface area contributed by atoms with Gasteiger partial charge in [0.2, 0.25) is 5.78 Å². The van der Waals surface area contributed by atoms with E-state index in [0.29, 0.717) is 11.1 Å². The molecule has 6 nitrogen and oxygen atoms in total. The van der Waals surface area contributed by atoms with Crippen molar-refractivity contribution in [3.05, 3.63) is 83.4 Å². The molecule has 6 heteroatoms. The van der Waals surface area contributed by atoms with Gasteiger partial charge in [0.05, 0.1) is 0 Å². The van der Waals surface area contributed by atoms with Crippen LogP contribution >= 0.6 is 0 Å². The average Bonchev–Trinajstić information content (AvgIpc) is 3.68. The van der Waals surface area contributed by atoms with Crippen LogP contribution in [0, 0.1) is 5.92 Å². The van der Waals surface area contributed by atoms with Gasteiger partial charge < -0.3 is 9.40 Å². The number of benzene rings is 3. The van der Waals surface area contributed by atoms with Crippen LogP contribution in [0.15, 0.2) is 71.9 Å². The topological polar surface area (TPSA) is 77.7 Å². The maximum absolute atomic E-state index is 13.5. The van der Waals surface area contributed by atoms with Gasteiger partial charge in [-0.15, -0.1) is 0 Å². The first kappa shape index (κ1) is 22.7. The van der Waals surface area contributed by atoms with Gasteiger partial charge in [0.25, 0.3) is 0 Å². The van der Waals surface area contributed by atoms with Crippen LogP contribution in [-0.4, -0.2) is 27.8 Å². The van der Waals surface area contributed by atoms with E-state index < -0.39 is 5.97 Å². The molecule has 176 valence electrons. The number of carbonyl (C=O) groups excluding carboxylic acids is 3. The summed E-state index contributed by atoms with van der Waals surface area (Å²) in [5.74, 6) is -0.561. The number of hydrogen-bond donors (Lipinski definition) is 0. The molecule has 1 fully saturated rings. The summed E-state index contributed by atoms with van der Waals surface area (Å²) in [6.45, 7) is 4.08. The van der Waals surface area contributed by atoms with E-state index >= 15 is 0 Å². The number of nitrogens with zero attached hydrogens (tertiary/aromatic N) is 2. The molecule has 0 aliphatic heterocycles. The second kappa shape index (κ2) is 9.29. The zero-order valence-electron chi connectivity index (χ0n) is 19.8. The predicted octanol–water partition coefficient (Wildman–Crippen LogP) is 5.75. The Morgan fingerprint density at radius 1 is 0.914 bits per heavy atom. The Morgan fingerprint density at radius 2 is 1.54 bits per heavy atom. The first-order valence-electron chi connectivity index (χ1n) is 11.9. The number of rotatable bonds is 8. The van der Waals surface area contributed by atoms with E-state index in [1.54, 1.807) is 6.07 Å². The Labute approximate surface area is 203 Å². The van der Waals surface area contributed by atoms with Crippen LogP contribution in [-0.2, 0) is 22.6 Å². The summed E-state index contributed by atoms with van der Waals surface area (Å²) in [5.41, 5.74) is 4.23. The lowest BCUT2D eigenvalue weighted by atomic mass is 9.98. The number of aromatic nitrogens is 1. The fourth-order valence-corrected chi connectivity index (χ4v) is 4.55. The standard InChI is InChI=1S/C29H26N2O4/c1-3-31-26-13-11-21(28(33)20-9-10-20)16-23(26)24-17-22(12-14-27(24)31)29(34)25(30-35-18(2)32)15-19-7-5-4-6-8-19/h4-8,11-14,16-17,20H,3,9-10,15H2,1-2H3/b30-25-. The van der Waals surface area contributed by atoms with E-state index in [-0.39, 0.29) is 29.6 Å². The maximum Gasteiger partial charge on any atom is 0.331 e. The summed E-state index contributed by atoms with van der Waals surface area (Å²) in [5, 5.41) is 5.75. The highest BCUT2D eigenvalue weighted by Crippen LogP contribution is 2.35. The van der Waals surface area contributed by atoms with Crippen molar-refractivity contribution in [2.24, 2.45) is 11.1 Å². The molecule has 0 unspecified atom stereocenters. The molecule has 5 rings (SSSR count). The van der Waals surface area contributed by atoms with Crippen molar-refractivity contribution in [2.45, 2.75) is 39.7 Å². The van der Waals surface area contributed by atoms with Gasteiger partial charge in [-0.1, -0.05) is 35.5 Å². The summed E-state index contributed by atoms with van der Waals surface area (Å²) in [6.07, 6.45) is 2.15. The molecule has 0 saturated heterocycles. The molecule has 0 N–H and O–H groups in total. The van der Waals surface area contributed by atoms with Crippen LogP contribution in [0.5, 0.6) is 0 Å². The molecular formula is C29H26N2O4. The first-order chi connectivity index (χ1) is 17.0.